The third kappa shape index (κ3) is 6.78. The van der Waals surface area contributed by atoms with Crippen molar-refractivity contribution in [3.8, 4) is 5.75 Å². The highest BCUT2D eigenvalue weighted by Crippen LogP contribution is 2.17. The second-order valence-electron chi connectivity index (χ2n) is 4.72. The van der Waals surface area contributed by atoms with Crippen molar-refractivity contribution in [1.82, 2.24) is 5.32 Å². The highest BCUT2D eigenvalue weighted by atomic mass is 35.5. The van der Waals surface area contributed by atoms with E-state index in [0.29, 0.717) is 19.4 Å². The average molecular weight is 319 g/mol. The summed E-state index contributed by atoms with van der Waals surface area (Å²) in [7, 11) is 0. The molecule has 0 spiro atoms. The number of para-hydroxylation sites is 1. The fraction of sp³-hybridized carbons (Fsp3) is 0.533. The maximum absolute atomic E-state index is 13.5. The lowest BCUT2D eigenvalue weighted by molar-refractivity contribution is -0.122. The van der Waals surface area contributed by atoms with Crippen LogP contribution in [0.5, 0.6) is 5.75 Å². The van der Waals surface area contributed by atoms with Crippen molar-refractivity contribution >= 4 is 18.3 Å². The number of carbonyl (C=O) groups is 1. The number of ether oxygens (including phenoxy) is 1. The van der Waals surface area contributed by atoms with E-state index in [1.54, 1.807) is 18.2 Å². The Labute approximate surface area is 131 Å². The van der Waals surface area contributed by atoms with Crippen molar-refractivity contribution in [2.45, 2.75) is 45.3 Å². The minimum Gasteiger partial charge on any atom is -0.486 e. The summed E-state index contributed by atoms with van der Waals surface area (Å²) >= 11 is 0. The molecule has 6 heteroatoms. The number of hydrogen-bond acceptors (Lipinski definition) is 3. The Kier molecular flexibility index (Phi) is 9.75. The highest BCUT2D eigenvalue weighted by molar-refractivity contribution is 5.85. The lowest BCUT2D eigenvalue weighted by Gasteiger charge is -2.19. The van der Waals surface area contributed by atoms with Crippen LogP contribution in [0, 0.1) is 5.82 Å². The zero-order valence-corrected chi connectivity index (χ0v) is 13.3. The molecule has 1 aromatic rings. The number of carbonyl (C=O) groups excluding carboxylic acids is 1. The number of hydrogen-bond donors (Lipinski definition) is 2. The van der Waals surface area contributed by atoms with Crippen molar-refractivity contribution in [1.29, 1.82) is 0 Å². The van der Waals surface area contributed by atoms with E-state index in [1.807, 2.05) is 13.8 Å². The van der Waals surface area contributed by atoms with E-state index in [4.69, 9.17) is 10.5 Å². The smallest absolute Gasteiger partial charge is 0.237 e. The van der Waals surface area contributed by atoms with Crippen LogP contribution in [0.3, 0.4) is 0 Å². The summed E-state index contributed by atoms with van der Waals surface area (Å²) in [5.74, 6) is -0.395. The van der Waals surface area contributed by atoms with Gasteiger partial charge < -0.3 is 15.8 Å². The molecular weight excluding hydrogens is 295 g/mol. The monoisotopic (exact) mass is 318 g/mol. The molecule has 0 fully saturated rings. The summed E-state index contributed by atoms with van der Waals surface area (Å²) in [5.41, 5.74) is 5.72. The van der Waals surface area contributed by atoms with Crippen molar-refractivity contribution in [2.24, 2.45) is 5.73 Å². The van der Waals surface area contributed by atoms with Crippen LogP contribution in [0.15, 0.2) is 24.3 Å². The Balaban J connectivity index is 0.00000400. The largest absolute Gasteiger partial charge is 0.486 e. The van der Waals surface area contributed by atoms with Gasteiger partial charge in [-0.05, 0) is 25.0 Å². The maximum atomic E-state index is 13.5. The van der Waals surface area contributed by atoms with Crippen molar-refractivity contribution in [2.75, 3.05) is 6.54 Å². The van der Waals surface area contributed by atoms with Gasteiger partial charge in [-0.3, -0.25) is 4.79 Å². The van der Waals surface area contributed by atoms with Crippen LogP contribution in [0.1, 0.15) is 33.1 Å². The first kappa shape index (κ1) is 19.7. The second kappa shape index (κ2) is 10.4. The molecule has 1 rings (SSSR count). The minimum absolute atomic E-state index is 0. The van der Waals surface area contributed by atoms with Crippen LogP contribution < -0.4 is 15.8 Å². The van der Waals surface area contributed by atoms with Crippen LogP contribution in [-0.2, 0) is 4.79 Å². The molecule has 2 unspecified atom stereocenters. The third-order valence-corrected chi connectivity index (χ3v) is 3.03. The summed E-state index contributed by atoms with van der Waals surface area (Å²) in [6.07, 6.45) is 1.90. The number of rotatable bonds is 8. The number of amides is 1. The molecular formula is C15H24ClFN2O2. The molecule has 0 heterocycles. The van der Waals surface area contributed by atoms with Gasteiger partial charge in [-0.2, -0.15) is 0 Å². The number of benzene rings is 1. The lowest BCUT2D eigenvalue weighted by atomic mass is 10.1. The molecule has 2 atom stereocenters. The SMILES string of the molecule is CCCC(N)C(=O)NCC(CC)Oc1ccccc1F.Cl. The van der Waals surface area contributed by atoms with Gasteiger partial charge >= 0.3 is 0 Å². The second-order valence-corrected chi connectivity index (χ2v) is 4.72. The van der Waals surface area contributed by atoms with Gasteiger partial charge in [0.1, 0.15) is 6.10 Å². The predicted molar refractivity (Wildman–Crippen MR) is 84.2 cm³/mol. The Morgan fingerprint density at radius 3 is 2.62 bits per heavy atom. The van der Waals surface area contributed by atoms with Gasteiger partial charge in [-0.1, -0.05) is 32.4 Å². The molecule has 0 saturated heterocycles. The van der Waals surface area contributed by atoms with Crippen molar-refractivity contribution < 1.29 is 13.9 Å². The Morgan fingerprint density at radius 1 is 1.38 bits per heavy atom. The van der Waals surface area contributed by atoms with Crippen LogP contribution in [0.2, 0.25) is 0 Å². The van der Waals surface area contributed by atoms with Crippen LogP contribution >= 0.6 is 12.4 Å². The van der Waals surface area contributed by atoms with E-state index in [1.165, 1.54) is 6.07 Å². The molecule has 120 valence electrons. The molecule has 0 aliphatic carbocycles. The van der Waals surface area contributed by atoms with Crippen molar-refractivity contribution in [3.63, 3.8) is 0 Å². The standard InChI is InChI=1S/C15H23FN2O2.ClH/c1-3-7-13(17)15(19)18-10-11(4-2)20-14-9-6-5-8-12(14)16;/h5-6,8-9,11,13H,3-4,7,10,17H2,1-2H3,(H,18,19);1H. The van der Waals surface area contributed by atoms with Crippen LogP contribution in [0.4, 0.5) is 4.39 Å². The van der Waals surface area contributed by atoms with Crippen LogP contribution in [-0.4, -0.2) is 24.6 Å². The maximum Gasteiger partial charge on any atom is 0.237 e. The van der Waals surface area contributed by atoms with Gasteiger partial charge in [0.25, 0.3) is 0 Å². The quantitative estimate of drug-likeness (QED) is 0.774. The van der Waals surface area contributed by atoms with E-state index in [-0.39, 0.29) is 30.2 Å². The normalized spacial score (nSPS) is 13.0. The first-order valence-corrected chi connectivity index (χ1v) is 7.02. The Hall–Kier alpha value is -1.33. The predicted octanol–water partition coefficient (Wildman–Crippen LogP) is 2.65. The van der Waals surface area contributed by atoms with Gasteiger partial charge in [0.15, 0.2) is 11.6 Å². The van der Waals surface area contributed by atoms with Crippen LogP contribution in [0.25, 0.3) is 0 Å². The fourth-order valence-corrected chi connectivity index (χ4v) is 1.78. The summed E-state index contributed by atoms with van der Waals surface area (Å²) in [5, 5.41) is 2.75. The molecule has 0 saturated carbocycles. The number of halogens is 2. The van der Waals surface area contributed by atoms with E-state index in [9.17, 15) is 9.18 Å². The van der Waals surface area contributed by atoms with E-state index < -0.39 is 11.9 Å². The minimum atomic E-state index is -0.494. The topological polar surface area (TPSA) is 64.4 Å². The molecule has 0 bridgehead atoms. The zero-order valence-electron chi connectivity index (χ0n) is 12.5. The van der Waals surface area contributed by atoms with Gasteiger partial charge in [0.05, 0.1) is 12.6 Å². The molecule has 0 aliphatic heterocycles. The summed E-state index contributed by atoms with van der Waals surface area (Å²) in [6.45, 7) is 4.22. The fourth-order valence-electron chi connectivity index (χ4n) is 1.78. The van der Waals surface area contributed by atoms with E-state index in [0.717, 1.165) is 6.42 Å². The third-order valence-electron chi connectivity index (χ3n) is 3.03. The molecule has 1 amide bonds. The molecule has 21 heavy (non-hydrogen) atoms. The number of nitrogens with two attached hydrogens (primary N) is 1. The van der Waals surface area contributed by atoms with E-state index in [2.05, 4.69) is 5.32 Å². The summed E-state index contributed by atoms with van der Waals surface area (Å²) in [4.78, 5) is 11.7. The first-order chi connectivity index (χ1) is 9.58. The first-order valence-electron chi connectivity index (χ1n) is 7.02. The summed E-state index contributed by atoms with van der Waals surface area (Å²) in [6, 6.07) is 5.74. The average Bonchev–Trinajstić information content (AvgIpc) is 2.45. The Morgan fingerprint density at radius 2 is 2.05 bits per heavy atom. The summed E-state index contributed by atoms with van der Waals surface area (Å²) < 4.78 is 19.0. The highest BCUT2D eigenvalue weighted by Gasteiger charge is 2.16. The van der Waals surface area contributed by atoms with Crippen molar-refractivity contribution in [3.05, 3.63) is 30.1 Å². The molecule has 3 N–H and O–H groups in total. The van der Waals surface area contributed by atoms with Gasteiger partial charge in [-0.25, -0.2) is 4.39 Å². The van der Waals surface area contributed by atoms with Gasteiger partial charge in [0, 0.05) is 0 Å². The zero-order chi connectivity index (χ0) is 15.0. The Bertz CT molecular complexity index is 432. The van der Waals surface area contributed by atoms with Gasteiger partial charge in [0.2, 0.25) is 5.91 Å². The lowest BCUT2D eigenvalue weighted by Crippen LogP contribution is -2.44. The molecule has 1 aromatic carbocycles. The van der Waals surface area contributed by atoms with E-state index >= 15 is 0 Å². The molecule has 0 aliphatic rings. The molecule has 4 nitrogen and oxygen atoms in total. The molecule has 0 aromatic heterocycles. The molecule has 0 radical (unpaired) electrons. The van der Waals surface area contributed by atoms with Gasteiger partial charge in [-0.15, -0.1) is 12.4 Å². The number of nitrogens with one attached hydrogen (secondary N) is 1.